The third-order valence-electron chi connectivity index (χ3n) is 5.47. The van der Waals surface area contributed by atoms with Gasteiger partial charge in [-0.1, -0.05) is 35.3 Å². The van der Waals surface area contributed by atoms with Gasteiger partial charge in [-0.15, -0.1) is 0 Å². The van der Waals surface area contributed by atoms with E-state index in [1.165, 1.54) is 42.7 Å². The molecule has 2 aromatic heterocycles. The van der Waals surface area contributed by atoms with Crippen LogP contribution in [0.15, 0.2) is 41.5 Å². The number of benzene rings is 1. The first-order valence-corrected chi connectivity index (χ1v) is 12.1. The van der Waals surface area contributed by atoms with Crippen LogP contribution in [0, 0.1) is 35.5 Å². The molecule has 37 heavy (non-hydrogen) atoms. The van der Waals surface area contributed by atoms with Crippen LogP contribution in [0.2, 0.25) is 0 Å². The van der Waals surface area contributed by atoms with Crippen LogP contribution in [0.4, 0.5) is 13.9 Å². The molecule has 0 spiro atoms. The van der Waals surface area contributed by atoms with Crippen molar-refractivity contribution in [3.05, 3.63) is 68.6 Å². The number of pyridine rings is 1. The van der Waals surface area contributed by atoms with E-state index in [4.69, 9.17) is 15.6 Å². The van der Waals surface area contributed by atoms with Crippen molar-refractivity contribution < 1.29 is 18.3 Å². The summed E-state index contributed by atoms with van der Waals surface area (Å²) in [6, 6.07) is 5.18. The van der Waals surface area contributed by atoms with Gasteiger partial charge in [-0.3, -0.25) is 25.7 Å². The molecule has 3 aromatic rings. The highest BCUT2D eigenvalue weighted by Gasteiger charge is 2.21. The minimum absolute atomic E-state index is 0.0349. The molecule has 11 heteroatoms. The highest BCUT2D eigenvalue weighted by atomic mass is 32.1. The second-order valence-electron chi connectivity index (χ2n) is 8.55. The second-order valence-corrected chi connectivity index (χ2v) is 9.58. The Balaban J connectivity index is 1.73. The Morgan fingerprint density at radius 3 is 2.73 bits per heavy atom. The van der Waals surface area contributed by atoms with Gasteiger partial charge in [0.05, 0.1) is 16.6 Å². The Bertz CT molecular complexity index is 1510. The lowest BCUT2D eigenvalue weighted by Crippen LogP contribution is -2.27. The van der Waals surface area contributed by atoms with Crippen LogP contribution in [0.25, 0.3) is 11.1 Å². The number of hydrogen-bond acceptors (Lipinski definition) is 7. The van der Waals surface area contributed by atoms with Gasteiger partial charge in [0.15, 0.2) is 11.0 Å². The Labute approximate surface area is 215 Å². The first-order chi connectivity index (χ1) is 17.6. The Morgan fingerprint density at radius 1 is 1.30 bits per heavy atom. The number of aryl methyl sites for hydroxylation is 1. The van der Waals surface area contributed by atoms with Crippen LogP contribution >= 0.6 is 11.3 Å². The molecule has 0 aliphatic heterocycles. The van der Waals surface area contributed by atoms with Gasteiger partial charge in [-0.25, -0.2) is 13.8 Å². The van der Waals surface area contributed by atoms with E-state index in [0.717, 1.165) is 23.5 Å². The van der Waals surface area contributed by atoms with Crippen molar-refractivity contribution in [3.8, 4) is 23.0 Å². The quantitative estimate of drug-likeness (QED) is 0.233. The highest BCUT2D eigenvalue weighted by Crippen LogP contribution is 2.31. The molecule has 3 N–H and O–H groups in total. The summed E-state index contributed by atoms with van der Waals surface area (Å²) in [6.45, 7) is 2.74. The predicted molar refractivity (Wildman–Crippen MR) is 138 cm³/mol. The fraction of sp³-hybridized carbons (Fsp3) is 0.269. The maximum Gasteiger partial charge on any atom is 0.263 e. The number of aromatic nitrogens is 2. The lowest BCUT2D eigenvalue weighted by molar-refractivity contribution is 0.102. The molecular formula is C26H23F2N5O3S. The Kier molecular flexibility index (Phi) is 7.59. The normalized spacial score (nSPS) is 12.6. The molecule has 1 aromatic carbocycles. The zero-order valence-electron chi connectivity index (χ0n) is 20.0. The molecule has 0 radical (unpaired) electrons. The second kappa shape index (κ2) is 10.8. The van der Waals surface area contributed by atoms with E-state index in [1.807, 2.05) is 0 Å². The van der Waals surface area contributed by atoms with Crippen molar-refractivity contribution in [2.45, 2.75) is 39.7 Å². The van der Waals surface area contributed by atoms with Gasteiger partial charge in [0, 0.05) is 36.2 Å². The first-order valence-electron chi connectivity index (χ1n) is 11.3. The number of nitrogens with one attached hydrogen (secondary N) is 3. The maximum absolute atomic E-state index is 13.5. The van der Waals surface area contributed by atoms with Crippen molar-refractivity contribution >= 4 is 34.2 Å². The fourth-order valence-electron chi connectivity index (χ4n) is 3.49. The van der Waals surface area contributed by atoms with Crippen molar-refractivity contribution in [2.24, 2.45) is 5.92 Å². The van der Waals surface area contributed by atoms with Crippen molar-refractivity contribution in [1.29, 1.82) is 10.8 Å². The number of alkyl halides is 2. The van der Waals surface area contributed by atoms with Crippen LogP contribution in [-0.4, -0.2) is 27.3 Å². The zero-order chi connectivity index (χ0) is 26.7. The summed E-state index contributed by atoms with van der Waals surface area (Å²) >= 11 is 1.19. The minimum Gasteiger partial charge on any atom is -0.428 e. The predicted octanol–water partition coefficient (Wildman–Crippen LogP) is 5.22. The van der Waals surface area contributed by atoms with E-state index in [9.17, 15) is 18.4 Å². The average molecular weight is 524 g/mol. The van der Waals surface area contributed by atoms with E-state index in [1.54, 1.807) is 13.1 Å². The molecule has 0 atom stereocenters. The molecule has 0 bridgehead atoms. The largest absolute Gasteiger partial charge is 0.428 e. The van der Waals surface area contributed by atoms with Crippen molar-refractivity contribution in [1.82, 2.24) is 9.55 Å². The molecule has 1 aliphatic carbocycles. The van der Waals surface area contributed by atoms with E-state index >= 15 is 0 Å². The summed E-state index contributed by atoms with van der Waals surface area (Å²) in [6.07, 6.45) is 2.33. The molecule has 2 heterocycles. The topological polar surface area (TPSA) is 121 Å². The van der Waals surface area contributed by atoms with Crippen molar-refractivity contribution in [2.75, 3.05) is 5.32 Å². The lowest BCUT2D eigenvalue weighted by atomic mass is 9.95. The monoisotopic (exact) mass is 523 g/mol. The summed E-state index contributed by atoms with van der Waals surface area (Å²) in [5.74, 6) is 5.35. The summed E-state index contributed by atoms with van der Waals surface area (Å²) in [4.78, 5) is 31.0. The van der Waals surface area contributed by atoms with Crippen LogP contribution < -0.4 is 10.9 Å². The summed E-state index contributed by atoms with van der Waals surface area (Å²) < 4.78 is 33.0. The van der Waals surface area contributed by atoms with Crippen LogP contribution in [0.3, 0.4) is 0 Å². The molecule has 8 nitrogen and oxygen atoms in total. The molecule has 1 saturated carbocycles. The third kappa shape index (κ3) is 6.54. The SMILES string of the molecule is CC(=N)OC(=N)Cn1cc(-c2cc(C(F)F)ccc2C)c(C(=O)Nc2ncc(C#CC3CC3)s2)cc1=O. The number of thiazole rings is 1. The van der Waals surface area contributed by atoms with Crippen LogP contribution in [-0.2, 0) is 11.3 Å². The van der Waals surface area contributed by atoms with Gasteiger partial charge in [0.1, 0.15) is 6.54 Å². The molecule has 1 aliphatic rings. The third-order valence-corrected chi connectivity index (χ3v) is 6.30. The number of hydrogen-bond donors (Lipinski definition) is 3. The van der Waals surface area contributed by atoms with E-state index < -0.39 is 17.9 Å². The summed E-state index contributed by atoms with van der Waals surface area (Å²) in [7, 11) is 0. The van der Waals surface area contributed by atoms with Crippen molar-refractivity contribution in [3.63, 3.8) is 0 Å². The number of halogens is 2. The highest BCUT2D eigenvalue weighted by molar-refractivity contribution is 7.16. The molecule has 190 valence electrons. The van der Waals surface area contributed by atoms with Gasteiger partial charge in [-0.05, 0) is 37.0 Å². The summed E-state index contributed by atoms with van der Waals surface area (Å²) in [5.41, 5.74) is 0.287. The number of carbonyl (C=O) groups is 1. The number of carbonyl (C=O) groups excluding carboxylic acids is 1. The summed E-state index contributed by atoms with van der Waals surface area (Å²) in [5, 5.41) is 18.2. The minimum atomic E-state index is -2.73. The van der Waals surface area contributed by atoms with E-state index in [2.05, 4.69) is 22.1 Å². The van der Waals surface area contributed by atoms with Gasteiger partial charge in [0.2, 0.25) is 5.90 Å². The smallest absolute Gasteiger partial charge is 0.263 e. The molecule has 0 saturated heterocycles. The van der Waals surface area contributed by atoms with Gasteiger partial charge >= 0.3 is 0 Å². The van der Waals surface area contributed by atoms with E-state index in [-0.39, 0.29) is 40.2 Å². The number of rotatable bonds is 6. The van der Waals surface area contributed by atoms with Gasteiger partial charge < -0.3 is 9.30 Å². The molecule has 4 rings (SSSR count). The molecule has 0 unspecified atom stereocenters. The zero-order valence-corrected chi connectivity index (χ0v) is 20.8. The van der Waals surface area contributed by atoms with Crippen LogP contribution in [0.5, 0.6) is 0 Å². The van der Waals surface area contributed by atoms with Crippen LogP contribution in [0.1, 0.15) is 52.6 Å². The standard InChI is InChI=1S/C26H23F2N5O3S/c1-14-3-7-17(24(27)28)9-19(14)21-12-33(13-22(30)36-15(2)29)23(34)10-20(21)25(35)32-26-31-11-18(37-26)8-6-16-4-5-16/h3,7,9-12,16,24,29-30H,4-5,13H2,1-2H3,(H,31,32,35). The molecule has 1 amide bonds. The Hall–Kier alpha value is -4.17. The van der Waals surface area contributed by atoms with Gasteiger partial charge in [0.25, 0.3) is 17.9 Å². The first kappa shape index (κ1) is 25.9. The lowest BCUT2D eigenvalue weighted by Gasteiger charge is -2.16. The van der Waals surface area contributed by atoms with E-state index in [0.29, 0.717) is 21.9 Å². The number of ether oxygens (including phenoxy) is 1. The fourth-order valence-corrected chi connectivity index (χ4v) is 4.16. The molecule has 1 fully saturated rings. The van der Waals surface area contributed by atoms with Gasteiger partial charge in [-0.2, -0.15) is 0 Å². The maximum atomic E-state index is 13.5. The number of nitrogens with zero attached hydrogens (tertiary/aromatic N) is 2. The molecular weight excluding hydrogens is 500 g/mol. The number of amides is 1. The Morgan fingerprint density at radius 2 is 2.05 bits per heavy atom. The average Bonchev–Trinajstić information content (AvgIpc) is 3.56. The number of anilines is 1.